The topological polar surface area (TPSA) is 372 Å². The Hall–Kier alpha value is -5.61. The Morgan fingerprint density at radius 2 is 1.28 bits per heavy atom. The number of carbonyl (C=O) groups excluding carboxylic acids is 4. The smallest absolute Gasteiger partial charge is 0.311 e. The number of amides is 1. The molecule has 1 aromatic rings. The molecule has 4 rings (SSSR count). The second-order valence-corrected chi connectivity index (χ2v) is 23.2. The number of hydrogen-bond acceptors (Lipinski definition) is 21. The minimum absolute atomic E-state index is 0.0666. The molecule has 1 amide bonds. The molecule has 1 aromatic carbocycles. The lowest BCUT2D eigenvalue weighted by Gasteiger charge is -2.45. The Labute approximate surface area is 503 Å². The number of aliphatic carboxylic acids is 1. The summed E-state index contributed by atoms with van der Waals surface area (Å²) in [6, 6.07) is 5.64. The number of nitrogens with one attached hydrogen (secondary N) is 2. The number of carboxylic acid groups (broad SMARTS) is 1. The Bertz CT molecular complexity index is 2500. The number of fused-ring (bicyclic) bond motifs is 2. The number of Topliss-reactive ketones (excluding diaryl/α,β-unsaturated/α-hetero) is 2. The number of hydrogen-bond donors (Lipinski definition) is 13. The van der Waals surface area contributed by atoms with Gasteiger partial charge >= 0.3 is 11.9 Å². The SMILES string of the molecule is CNc1ccc(C(=O)CC(O)CC[C@H](C)C2OC(=O)C[C@H](O)CC(=O)C[C@H](O)C[C@H](O)C[C@H](O)C[C@H](O)C[C@]3(O)C[C@H](O)[C@@H](C(=O)O)C(C[C@@H](OC4OC(C)C(O)C(NC(=O)CN(C)C)C4O)/C=C/C=C/C=C/C=C\C=C/C=C/C=C/[C@@H]2C)O3)cc1. The molecule has 0 saturated carbocycles. The Morgan fingerprint density at radius 1 is 0.721 bits per heavy atom. The average molecular weight is 1210 g/mol. The van der Waals surface area contributed by atoms with Crippen LogP contribution in [-0.2, 0) is 38.1 Å². The molecular weight excluding hydrogens is 1120 g/mol. The fraction of sp³-hybridized carbons (Fsp3) is 0.603. The van der Waals surface area contributed by atoms with Gasteiger partial charge < -0.3 is 90.7 Å². The standard InChI is InChI=1S/C63H93N3O20/c1-38-19-17-15-13-11-9-7-8-10-12-14-16-18-20-50(84-62-59(79)57(58(78)40(3)83-62)65-54(76)37-66(5)6)34-53-56(61(80)81)52(75)36-63(82,86-53)35-49(73)31-47(71)29-45(69)27-44(68)28-46(70)30-48(72)33-55(77)85-60(38)39(2)21-26-43(67)32-51(74)41-22-24-42(64-4)25-23-41/h7-20,22-25,38-40,43-45,47-50,52-53,56-60,62,64,67-69,71-73,75,78-79,82H,21,26-37H2,1-6H3,(H,65,76)(H,80,81)/b8-7-,11-9-,12-10+,15-13+,16-14+,19-17+,20-18+/t38-,39-,40?,43?,44+,45-,47-,48+,49-,50-,52-,53?,56+,57?,58?,59?,60?,62?,63+/m0/s1. The van der Waals surface area contributed by atoms with E-state index in [1.165, 1.54) is 13.0 Å². The quantitative estimate of drug-likeness (QED) is 0.0940. The number of likely N-dealkylation sites (N-methyl/N-ethyl adjacent to an activating group) is 1. The van der Waals surface area contributed by atoms with Crippen LogP contribution in [-0.4, -0.2) is 216 Å². The van der Waals surface area contributed by atoms with Crippen LogP contribution in [0, 0.1) is 17.8 Å². The molecule has 0 aliphatic carbocycles. The molecule has 0 spiro atoms. The van der Waals surface area contributed by atoms with Gasteiger partial charge in [0.2, 0.25) is 5.91 Å². The van der Waals surface area contributed by atoms with Gasteiger partial charge in [0.1, 0.15) is 30.0 Å². The van der Waals surface area contributed by atoms with Gasteiger partial charge in [-0.1, -0.05) is 98.9 Å². The second kappa shape index (κ2) is 36.6. The van der Waals surface area contributed by atoms with Crippen LogP contribution in [0.2, 0.25) is 0 Å². The molecule has 2 fully saturated rings. The van der Waals surface area contributed by atoms with Crippen LogP contribution in [0.15, 0.2) is 109 Å². The largest absolute Gasteiger partial charge is 0.481 e. The number of allylic oxidation sites excluding steroid dienone is 12. The number of rotatable bonds is 14. The zero-order valence-electron chi connectivity index (χ0n) is 50.0. The highest BCUT2D eigenvalue weighted by Crippen LogP contribution is 2.38. The number of aliphatic hydroxyl groups excluding tert-OH is 9. The molecule has 480 valence electrons. The van der Waals surface area contributed by atoms with Crippen molar-refractivity contribution in [3.8, 4) is 0 Å². The molecule has 3 heterocycles. The van der Waals surface area contributed by atoms with Gasteiger partial charge in [0.25, 0.3) is 0 Å². The number of anilines is 1. The third kappa shape index (κ3) is 25.6. The second-order valence-electron chi connectivity index (χ2n) is 23.2. The molecule has 0 radical (unpaired) electrons. The van der Waals surface area contributed by atoms with Gasteiger partial charge in [-0.2, -0.15) is 0 Å². The molecule has 19 atom stereocenters. The van der Waals surface area contributed by atoms with Crippen molar-refractivity contribution < 1.29 is 99.1 Å². The van der Waals surface area contributed by atoms with Crippen LogP contribution < -0.4 is 10.6 Å². The predicted octanol–water partition coefficient (Wildman–Crippen LogP) is 2.47. The number of carboxylic acids is 1. The summed E-state index contributed by atoms with van der Waals surface area (Å²) in [4.78, 5) is 66.3. The first-order valence-corrected chi connectivity index (χ1v) is 29.4. The number of benzene rings is 1. The Kier molecular flexibility index (Phi) is 31.0. The van der Waals surface area contributed by atoms with Crippen LogP contribution in [0.3, 0.4) is 0 Å². The van der Waals surface area contributed by atoms with Crippen LogP contribution in [0.1, 0.15) is 108 Å². The average Bonchev–Trinajstić information content (AvgIpc) is 1.19. The fourth-order valence-electron chi connectivity index (χ4n) is 10.7. The molecule has 3 aliphatic heterocycles. The van der Waals surface area contributed by atoms with Crippen molar-refractivity contribution in [2.24, 2.45) is 17.8 Å². The lowest BCUT2D eigenvalue weighted by atomic mass is 9.82. The predicted molar refractivity (Wildman–Crippen MR) is 318 cm³/mol. The summed E-state index contributed by atoms with van der Waals surface area (Å²) < 4.78 is 24.0. The molecule has 23 nitrogen and oxygen atoms in total. The van der Waals surface area contributed by atoms with E-state index >= 15 is 0 Å². The number of ether oxygens (including phenoxy) is 4. The number of carbonyl (C=O) groups is 5. The molecule has 8 unspecified atom stereocenters. The molecule has 3 aliphatic rings. The third-order valence-corrected chi connectivity index (χ3v) is 15.1. The third-order valence-electron chi connectivity index (χ3n) is 15.1. The van der Waals surface area contributed by atoms with E-state index in [0.717, 1.165) is 5.69 Å². The van der Waals surface area contributed by atoms with Gasteiger partial charge in [0.15, 0.2) is 17.9 Å². The molecule has 13 N–H and O–H groups in total. The van der Waals surface area contributed by atoms with Crippen molar-refractivity contribution in [3.05, 3.63) is 115 Å². The summed E-state index contributed by atoms with van der Waals surface area (Å²) in [5.74, 6) is -8.41. The van der Waals surface area contributed by atoms with Crippen molar-refractivity contribution >= 4 is 35.1 Å². The van der Waals surface area contributed by atoms with E-state index in [-0.39, 0.29) is 37.0 Å². The van der Waals surface area contributed by atoms with Gasteiger partial charge in [-0.3, -0.25) is 24.0 Å². The van der Waals surface area contributed by atoms with Crippen molar-refractivity contribution in [3.63, 3.8) is 0 Å². The first kappa shape index (κ1) is 72.9. The maximum atomic E-state index is 13.4. The number of esters is 1. The van der Waals surface area contributed by atoms with Gasteiger partial charge in [0, 0.05) is 62.7 Å². The summed E-state index contributed by atoms with van der Waals surface area (Å²) in [7, 11) is 5.08. The monoisotopic (exact) mass is 1210 g/mol. The van der Waals surface area contributed by atoms with Crippen LogP contribution in [0.4, 0.5) is 5.69 Å². The highest BCUT2D eigenvalue weighted by Gasteiger charge is 2.51. The zero-order valence-corrected chi connectivity index (χ0v) is 50.0. The van der Waals surface area contributed by atoms with Gasteiger partial charge in [-0.15, -0.1) is 0 Å². The molecule has 23 heteroatoms. The highest BCUT2D eigenvalue weighted by molar-refractivity contribution is 5.96. The molecule has 2 saturated heterocycles. The van der Waals surface area contributed by atoms with E-state index in [1.807, 2.05) is 19.9 Å². The molecule has 2 bridgehead atoms. The van der Waals surface area contributed by atoms with Crippen LogP contribution >= 0.6 is 0 Å². The number of aliphatic hydroxyl groups is 10. The zero-order chi connectivity index (χ0) is 63.7. The van der Waals surface area contributed by atoms with E-state index in [0.29, 0.717) is 12.0 Å². The van der Waals surface area contributed by atoms with Crippen molar-refractivity contribution in [2.45, 2.75) is 195 Å². The fourth-order valence-corrected chi connectivity index (χ4v) is 10.7. The van der Waals surface area contributed by atoms with Gasteiger partial charge in [-0.05, 0) is 83.3 Å². The van der Waals surface area contributed by atoms with Gasteiger partial charge in [0.05, 0.1) is 80.0 Å². The molecule has 86 heavy (non-hydrogen) atoms. The van der Waals surface area contributed by atoms with E-state index in [2.05, 4.69) is 10.6 Å². The molecular formula is C63H93N3O20. The van der Waals surface area contributed by atoms with Gasteiger partial charge in [-0.25, -0.2) is 0 Å². The Morgan fingerprint density at radius 3 is 1.86 bits per heavy atom. The normalized spacial score (nSPS) is 36.2. The van der Waals surface area contributed by atoms with Crippen LogP contribution in [0.5, 0.6) is 0 Å². The number of nitrogens with zero attached hydrogens (tertiary/aromatic N) is 1. The van der Waals surface area contributed by atoms with E-state index < -0.39 is 185 Å². The summed E-state index contributed by atoms with van der Waals surface area (Å²) >= 11 is 0. The summed E-state index contributed by atoms with van der Waals surface area (Å²) in [5.41, 5.74) is 1.29. The summed E-state index contributed by atoms with van der Waals surface area (Å²) in [6.45, 7) is 5.12. The van der Waals surface area contributed by atoms with E-state index in [1.54, 1.807) is 123 Å². The first-order chi connectivity index (χ1) is 40.7. The first-order valence-electron chi connectivity index (χ1n) is 29.4. The lowest BCUT2D eigenvalue weighted by molar-refractivity contribution is -0.309. The minimum Gasteiger partial charge on any atom is -0.481 e. The van der Waals surface area contributed by atoms with Crippen LogP contribution in [0.25, 0.3) is 0 Å². The van der Waals surface area contributed by atoms with E-state index in [4.69, 9.17) is 18.9 Å². The Balaban J connectivity index is 1.57. The maximum Gasteiger partial charge on any atom is 0.311 e. The van der Waals surface area contributed by atoms with Crippen molar-refractivity contribution in [1.82, 2.24) is 10.2 Å². The summed E-state index contributed by atoms with van der Waals surface area (Å²) in [6.07, 6.45) is 0.722. The number of cyclic esters (lactones) is 1. The minimum atomic E-state index is -2.38. The lowest BCUT2D eigenvalue weighted by Crippen LogP contribution is -2.64. The van der Waals surface area contributed by atoms with Crippen molar-refractivity contribution in [2.75, 3.05) is 33.0 Å². The van der Waals surface area contributed by atoms with E-state index in [9.17, 15) is 80.1 Å². The highest BCUT2D eigenvalue weighted by atomic mass is 16.7. The summed E-state index contributed by atoms with van der Waals surface area (Å²) in [5, 5.41) is 127. The number of ketones is 2. The van der Waals surface area contributed by atoms with Crippen molar-refractivity contribution in [1.29, 1.82) is 0 Å². The molecule has 0 aromatic heterocycles. The maximum absolute atomic E-state index is 13.4.